The highest BCUT2D eigenvalue weighted by Crippen LogP contribution is 2.22. The summed E-state index contributed by atoms with van der Waals surface area (Å²) in [5.74, 6) is -0.807. The Balaban J connectivity index is 1.45. The summed E-state index contributed by atoms with van der Waals surface area (Å²) in [6.07, 6.45) is 3.02. The summed E-state index contributed by atoms with van der Waals surface area (Å²) in [6.45, 7) is 5.36. The Morgan fingerprint density at radius 1 is 1.03 bits per heavy atom. The summed E-state index contributed by atoms with van der Waals surface area (Å²) in [5.41, 5.74) is 5.72. The van der Waals surface area contributed by atoms with Gasteiger partial charge in [0.15, 0.2) is 6.61 Å². The lowest BCUT2D eigenvalue weighted by Gasteiger charge is -2.04. The molecule has 4 rings (SSSR count). The molecule has 6 nitrogen and oxygen atoms in total. The van der Waals surface area contributed by atoms with E-state index in [1.54, 1.807) is 6.08 Å². The van der Waals surface area contributed by atoms with Crippen LogP contribution in [0.25, 0.3) is 22.7 Å². The lowest BCUT2D eigenvalue weighted by atomic mass is 10.1. The minimum absolute atomic E-state index is 0.235. The Morgan fingerprint density at radius 2 is 1.74 bits per heavy atom. The summed E-state index contributed by atoms with van der Waals surface area (Å²) in [7, 11) is 0. The van der Waals surface area contributed by atoms with Crippen molar-refractivity contribution in [1.82, 2.24) is 14.8 Å². The molecule has 0 aliphatic rings. The fraction of sp³-hybridized carbons (Fsp3) is 0.160. The van der Waals surface area contributed by atoms with Crippen LogP contribution in [-0.2, 0) is 9.53 Å². The van der Waals surface area contributed by atoms with Crippen molar-refractivity contribution in [3.63, 3.8) is 0 Å². The Labute approximate surface area is 180 Å². The van der Waals surface area contributed by atoms with E-state index in [9.17, 15) is 9.59 Å². The van der Waals surface area contributed by atoms with Gasteiger partial charge in [0.25, 0.3) is 0 Å². The largest absolute Gasteiger partial charge is 0.454 e. The van der Waals surface area contributed by atoms with Crippen molar-refractivity contribution in [2.75, 3.05) is 6.61 Å². The molecule has 0 aliphatic carbocycles. The maximum absolute atomic E-state index is 12.7. The van der Waals surface area contributed by atoms with Gasteiger partial charge in [-0.3, -0.25) is 4.79 Å². The van der Waals surface area contributed by atoms with Gasteiger partial charge in [0.1, 0.15) is 0 Å². The molecule has 0 saturated carbocycles. The Bertz CT molecular complexity index is 1300. The molecule has 0 saturated heterocycles. The number of carbonyl (C=O) groups excluding carboxylic acids is 2. The van der Waals surface area contributed by atoms with Gasteiger partial charge >= 0.3 is 5.97 Å². The number of carbonyl (C=O) groups is 2. The minimum atomic E-state index is -0.572. The molecule has 0 aliphatic heterocycles. The van der Waals surface area contributed by atoms with Gasteiger partial charge in [-0.15, -0.1) is 0 Å². The third-order valence-corrected chi connectivity index (χ3v) is 5.25. The second-order valence-electron chi connectivity index (χ2n) is 7.37. The molecule has 1 N–H and O–H groups in total. The van der Waals surface area contributed by atoms with Crippen molar-refractivity contribution >= 4 is 28.7 Å². The van der Waals surface area contributed by atoms with Gasteiger partial charge < -0.3 is 9.72 Å². The smallest absolute Gasteiger partial charge is 0.331 e. The zero-order valence-electron chi connectivity index (χ0n) is 17.7. The normalized spacial score (nSPS) is 11.3. The molecule has 2 aromatic carbocycles. The van der Waals surface area contributed by atoms with E-state index in [2.05, 4.69) is 10.1 Å². The maximum Gasteiger partial charge on any atom is 0.331 e. The number of ether oxygens (including phenoxy) is 1. The van der Waals surface area contributed by atoms with Crippen LogP contribution in [0.5, 0.6) is 0 Å². The van der Waals surface area contributed by atoms with Crippen LogP contribution in [0.4, 0.5) is 0 Å². The molecule has 0 atom stereocenters. The van der Waals surface area contributed by atoms with Gasteiger partial charge in [0, 0.05) is 39.5 Å². The first-order valence-electron chi connectivity index (χ1n) is 10.0. The summed E-state index contributed by atoms with van der Waals surface area (Å²) >= 11 is 0. The predicted molar refractivity (Wildman–Crippen MR) is 120 cm³/mol. The number of aryl methyl sites for hydroxylation is 2. The number of rotatable bonds is 6. The minimum Gasteiger partial charge on any atom is -0.454 e. The third kappa shape index (κ3) is 4.05. The van der Waals surface area contributed by atoms with Gasteiger partial charge in [0.2, 0.25) is 5.78 Å². The molecule has 0 spiro atoms. The Hall–Kier alpha value is -3.93. The number of nitrogens with zero attached hydrogens (tertiary/aromatic N) is 2. The second-order valence-corrected chi connectivity index (χ2v) is 7.37. The fourth-order valence-electron chi connectivity index (χ4n) is 3.76. The van der Waals surface area contributed by atoms with Gasteiger partial charge in [-0.25, -0.2) is 9.48 Å². The Kier molecular flexibility index (Phi) is 5.54. The first-order chi connectivity index (χ1) is 15.0. The van der Waals surface area contributed by atoms with Crippen LogP contribution in [0.3, 0.4) is 0 Å². The van der Waals surface area contributed by atoms with Crippen LogP contribution in [0.2, 0.25) is 0 Å². The first-order valence-corrected chi connectivity index (χ1v) is 10.0. The van der Waals surface area contributed by atoms with Crippen molar-refractivity contribution in [3.8, 4) is 5.69 Å². The Morgan fingerprint density at radius 3 is 2.52 bits per heavy atom. The highest BCUT2D eigenvalue weighted by molar-refractivity contribution is 6.10. The van der Waals surface area contributed by atoms with Gasteiger partial charge in [-0.1, -0.05) is 36.4 Å². The molecule has 4 aromatic rings. The molecule has 2 aromatic heterocycles. The molecule has 0 unspecified atom stereocenters. The van der Waals surface area contributed by atoms with Crippen LogP contribution in [0.1, 0.15) is 33.0 Å². The molecule has 0 fully saturated rings. The molecule has 6 heteroatoms. The van der Waals surface area contributed by atoms with Crippen LogP contribution < -0.4 is 0 Å². The van der Waals surface area contributed by atoms with Crippen molar-refractivity contribution < 1.29 is 14.3 Å². The SMILES string of the molecule is Cc1nn(-c2ccccc2)c(C)c1C=CC(=O)OCC(=O)c1c(C)[nH]c2ccccc12. The lowest BCUT2D eigenvalue weighted by Crippen LogP contribution is -2.13. The number of ketones is 1. The summed E-state index contributed by atoms with van der Waals surface area (Å²) in [4.78, 5) is 28.1. The van der Waals surface area contributed by atoms with E-state index in [1.165, 1.54) is 6.08 Å². The number of hydrogen-bond donors (Lipinski definition) is 1. The highest BCUT2D eigenvalue weighted by Gasteiger charge is 2.17. The quantitative estimate of drug-likeness (QED) is 0.282. The van der Waals surface area contributed by atoms with E-state index < -0.39 is 5.97 Å². The topological polar surface area (TPSA) is 77.0 Å². The number of esters is 1. The monoisotopic (exact) mass is 413 g/mol. The van der Waals surface area contributed by atoms with Gasteiger partial charge in [0.05, 0.1) is 11.4 Å². The molecule has 156 valence electrons. The number of H-pyrrole nitrogens is 1. The summed E-state index contributed by atoms with van der Waals surface area (Å²) in [6, 6.07) is 17.4. The van der Waals surface area contributed by atoms with Crippen LogP contribution >= 0.6 is 0 Å². The van der Waals surface area contributed by atoms with E-state index in [-0.39, 0.29) is 12.4 Å². The summed E-state index contributed by atoms with van der Waals surface area (Å²) in [5, 5.41) is 5.39. The number of hydrogen-bond acceptors (Lipinski definition) is 4. The van der Waals surface area contributed by atoms with Crippen molar-refractivity contribution in [3.05, 3.63) is 88.9 Å². The number of aromatic amines is 1. The van der Waals surface area contributed by atoms with Crippen LogP contribution in [0.15, 0.2) is 60.7 Å². The first kappa shape index (κ1) is 20.3. The predicted octanol–water partition coefficient (Wildman–Crippen LogP) is 4.72. The van der Waals surface area contributed by atoms with Crippen LogP contribution in [0, 0.1) is 20.8 Å². The maximum atomic E-state index is 12.7. The lowest BCUT2D eigenvalue weighted by molar-refractivity contribution is -0.136. The number of Topliss-reactive ketones (excluding diaryl/α,β-unsaturated/α-hetero) is 1. The van der Waals surface area contributed by atoms with E-state index in [1.807, 2.05) is 80.1 Å². The molecular weight excluding hydrogens is 390 g/mol. The molecule has 0 amide bonds. The van der Waals surface area contributed by atoms with E-state index in [0.29, 0.717) is 5.56 Å². The van der Waals surface area contributed by atoms with Gasteiger partial charge in [-0.05, 0) is 45.0 Å². The third-order valence-electron chi connectivity index (χ3n) is 5.25. The summed E-state index contributed by atoms with van der Waals surface area (Å²) < 4.78 is 7.05. The van der Waals surface area contributed by atoms with Gasteiger partial charge in [-0.2, -0.15) is 5.10 Å². The van der Waals surface area contributed by atoms with E-state index in [4.69, 9.17) is 4.74 Å². The molecular formula is C25H23N3O3. The zero-order chi connectivity index (χ0) is 22.0. The molecule has 0 bridgehead atoms. The fourth-order valence-corrected chi connectivity index (χ4v) is 3.76. The average Bonchev–Trinajstić information content (AvgIpc) is 3.26. The van der Waals surface area contributed by atoms with Crippen molar-refractivity contribution in [2.24, 2.45) is 0 Å². The number of para-hydroxylation sites is 2. The van der Waals surface area contributed by atoms with Crippen molar-refractivity contribution in [1.29, 1.82) is 0 Å². The van der Waals surface area contributed by atoms with E-state index >= 15 is 0 Å². The molecule has 2 heterocycles. The van der Waals surface area contributed by atoms with E-state index in [0.717, 1.165) is 39.2 Å². The number of benzene rings is 2. The second kappa shape index (κ2) is 8.44. The number of aromatic nitrogens is 3. The average molecular weight is 413 g/mol. The molecule has 31 heavy (non-hydrogen) atoms. The highest BCUT2D eigenvalue weighted by atomic mass is 16.5. The standard InChI is InChI=1S/C25H23N3O3/c1-16-20(18(3)28(27-16)19-9-5-4-6-10-19)13-14-24(30)31-15-23(29)25-17(2)26-22-12-8-7-11-21(22)25/h4-14,26H,15H2,1-3H3. The van der Waals surface area contributed by atoms with Crippen LogP contribution in [-0.4, -0.2) is 33.1 Å². The number of fused-ring (bicyclic) bond motifs is 1. The zero-order valence-corrected chi connectivity index (χ0v) is 17.7. The number of nitrogens with one attached hydrogen (secondary N) is 1. The van der Waals surface area contributed by atoms with Crippen molar-refractivity contribution in [2.45, 2.75) is 20.8 Å². The molecule has 0 radical (unpaired) electrons.